The van der Waals surface area contributed by atoms with Gasteiger partial charge in [-0.25, -0.2) is 17.9 Å². The highest BCUT2D eigenvalue weighted by molar-refractivity contribution is 7.90. The number of carboxylic acids is 1. The van der Waals surface area contributed by atoms with Crippen LogP contribution in [-0.2, 0) is 16.0 Å². The van der Waals surface area contributed by atoms with Gasteiger partial charge in [0.15, 0.2) is 15.5 Å². The van der Waals surface area contributed by atoms with Gasteiger partial charge in [0.2, 0.25) is 0 Å². The van der Waals surface area contributed by atoms with Crippen LogP contribution in [0.1, 0.15) is 16.1 Å². The van der Waals surface area contributed by atoms with Crippen molar-refractivity contribution in [3.63, 3.8) is 0 Å². The summed E-state index contributed by atoms with van der Waals surface area (Å²) in [6, 6.07) is 10.1. The first-order valence-corrected chi connectivity index (χ1v) is 9.67. The Balaban J connectivity index is 2.23. The number of sulfone groups is 1. The second-order valence-corrected chi connectivity index (χ2v) is 7.95. The van der Waals surface area contributed by atoms with Crippen LogP contribution in [0.3, 0.4) is 0 Å². The zero-order valence-electron chi connectivity index (χ0n) is 14.3. The molecule has 0 saturated heterocycles. The fourth-order valence-electron chi connectivity index (χ4n) is 2.75. The Labute approximate surface area is 157 Å². The van der Waals surface area contributed by atoms with E-state index in [1.807, 2.05) is 0 Å². The van der Waals surface area contributed by atoms with E-state index < -0.39 is 33.2 Å². The molecule has 0 fully saturated rings. The lowest BCUT2D eigenvalue weighted by molar-refractivity contribution is -0.142. The van der Waals surface area contributed by atoms with Crippen LogP contribution in [0.5, 0.6) is 0 Å². The standard InChI is InChI=1S/C18H13F3N2O4S/c1-28(26,27)12-8-6-11(7-9-12)23-16(18(19,20)21)15(10-22-23)13-4-2-3-5-14(13)17(24)25/h2-10H,1H3,(H,24,25). The molecule has 0 radical (unpaired) electrons. The van der Waals surface area contributed by atoms with E-state index in [1.165, 1.54) is 48.5 Å². The van der Waals surface area contributed by atoms with Crippen LogP contribution in [0.4, 0.5) is 13.2 Å². The van der Waals surface area contributed by atoms with Crippen LogP contribution < -0.4 is 0 Å². The van der Waals surface area contributed by atoms with E-state index in [4.69, 9.17) is 0 Å². The van der Waals surface area contributed by atoms with Gasteiger partial charge in [-0.2, -0.15) is 18.3 Å². The van der Waals surface area contributed by atoms with Crippen LogP contribution in [0.2, 0.25) is 0 Å². The molecule has 0 spiro atoms. The summed E-state index contributed by atoms with van der Waals surface area (Å²) < 4.78 is 65.1. The molecule has 2 aromatic carbocycles. The quantitative estimate of drug-likeness (QED) is 0.709. The van der Waals surface area contributed by atoms with Crippen molar-refractivity contribution >= 4 is 15.8 Å². The van der Waals surface area contributed by atoms with E-state index in [9.17, 15) is 31.5 Å². The minimum atomic E-state index is -4.84. The van der Waals surface area contributed by atoms with Gasteiger partial charge in [0, 0.05) is 11.8 Å². The molecule has 3 aromatic rings. The Hall–Kier alpha value is -3.14. The molecule has 146 valence electrons. The lowest BCUT2D eigenvalue weighted by Gasteiger charge is -2.14. The second kappa shape index (κ2) is 6.79. The number of carboxylic acid groups (broad SMARTS) is 1. The van der Waals surface area contributed by atoms with Gasteiger partial charge in [-0.1, -0.05) is 18.2 Å². The molecule has 1 N–H and O–H groups in total. The van der Waals surface area contributed by atoms with E-state index in [-0.39, 0.29) is 21.7 Å². The van der Waals surface area contributed by atoms with Crippen molar-refractivity contribution in [2.75, 3.05) is 6.26 Å². The summed E-state index contributed by atoms with van der Waals surface area (Å²) in [6.45, 7) is 0. The molecule has 1 aromatic heterocycles. The molecule has 0 atom stereocenters. The number of alkyl halides is 3. The minimum absolute atomic E-state index is 0.0150. The minimum Gasteiger partial charge on any atom is -0.478 e. The number of aromatic nitrogens is 2. The number of hydrogen-bond acceptors (Lipinski definition) is 4. The van der Waals surface area contributed by atoms with Gasteiger partial charge in [0.1, 0.15) is 0 Å². The average molecular weight is 410 g/mol. The Morgan fingerprint density at radius 1 is 1.04 bits per heavy atom. The molecule has 0 unspecified atom stereocenters. The predicted octanol–water partition coefficient (Wildman–Crippen LogP) is 3.66. The number of benzene rings is 2. The normalized spacial score (nSPS) is 12.1. The number of carbonyl (C=O) groups is 1. The Morgan fingerprint density at radius 2 is 1.64 bits per heavy atom. The summed E-state index contributed by atoms with van der Waals surface area (Å²) in [6.07, 6.45) is -2.92. The van der Waals surface area contributed by atoms with Crippen LogP contribution in [0.25, 0.3) is 16.8 Å². The summed E-state index contributed by atoms with van der Waals surface area (Å²) in [5.74, 6) is -1.37. The highest BCUT2D eigenvalue weighted by Gasteiger charge is 2.39. The van der Waals surface area contributed by atoms with Crippen molar-refractivity contribution in [3.8, 4) is 16.8 Å². The molecule has 0 amide bonds. The van der Waals surface area contributed by atoms with Crippen molar-refractivity contribution in [1.29, 1.82) is 0 Å². The van der Waals surface area contributed by atoms with Crippen LogP contribution in [0.15, 0.2) is 59.6 Å². The fraction of sp³-hybridized carbons (Fsp3) is 0.111. The summed E-state index contributed by atoms with van der Waals surface area (Å²) in [7, 11) is -3.51. The average Bonchev–Trinajstić information content (AvgIpc) is 3.06. The Morgan fingerprint density at radius 3 is 2.18 bits per heavy atom. The summed E-state index contributed by atoms with van der Waals surface area (Å²) in [5.41, 5.74) is -1.98. The van der Waals surface area contributed by atoms with Crippen LogP contribution in [-0.4, -0.2) is 35.5 Å². The molecule has 3 rings (SSSR count). The fourth-order valence-corrected chi connectivity index (χ4v) is 3.38. The Kier molecular flexibility index (Phi) is 4.76. The third-order valence-electron chi connectivity index (χ3n) is 3.99. The van der Waals surface area contributed by atoms with E-state index in [1.54, 1.807) is 0 Å². The molecule has 6 nitrogen and oxygen atoms in total. The lowest BCUT2D eigenvalue weighted by atomic mass is 10.00. The monoisotopic (exact) mass is 410 g/mol. The van der Waals surface area contributed by atoms with Crippen molar-refractivity contribution in [2.45, 2.75) is 11.1 Å². The molecule has 0 aliphatic carbocycles. The van der Waals surface area contributed by atoms with Gasteiger partial charge in [-0.15, -0.1) is 0 Å². The maximum atomic E-state index is 13.8. The maximum Gasteiger partial charge on any atom is 0.434 e. The molecular formula is C18H13F3N2O4S. The summed E-state index contributed by atoms with van der Waals surface area (Å²) in [5, 5.41) is 13.1. The zero-order chi connectivity index (χ0) is 20.7. The number of halogens is 3. The molecule has 1 heterocycles. The molecule has 0 aliphatic heterocycles. The highest BCUT2D eigenvalue weighted by atomic mass is 32.2. The van der Waals surface area contributed by atoms with Gasteiger partial charge in [-0.3, -0.25) is 0 Å². The van der Waals surface area contributed by atoms with E-state index >= 15 is 0 Å². The topological polar surface area (TPSA) is 89.3 Å². The molecule has 0 aliphatic rings. The van der Waals surface area contributed by atoms with Gasteiger partial charge in [0.05, 0.1) is 22.3 Å². The van der Waals surface area contributed by atoms with Crippen molar-refractivity contribution in [1.82, 2.24) is 9.78 Å². The third kappa shape index (κ3) is 3.63. The summed E-state index contributed by atoms with van der Waals surface area (Å²) in [4.78, 5) is 11.4. The third-order valence-corrected chi connectivity index (χ3v) is 5.12. The molecule has 0 bridgehead atoms. The molecule has 10 heteroatoms. The van der Waals surface area contributed by atoms with Crippen LogP contribution in [0, 0.1) is 0 Å². The Bertz CT molecular complexity index is 1150. The van der Waals surface area contributed by atoms with E-state index in [0.29, 0.717) is 4.68 Å². The predicted molar refractivity (Wildman–Crippen MR) is 94.1 cm³/mol. The number of aromatic carboxylic acids is 1. The number of nitrogens with zero attached hydrogens (tertiary/aromatic N) is 2. The zero-order valence-corrected chi connectivity index (χ0v) is 15.1. The largest absolute Gasteiger partial charge is 0.478 e. The lowest BCUT2D eigenvalue weighted by Crippen LogP contribution is -2.15. The number of hydrogen-bond donors (Lipinski definition) is 1. The molecule has 28 heavy (non-hydrogen) atoms. The smallest absolute Gasteiger partial charge is 0.434 e. The first-order chi connectivity index (χ1) is 13.0. The first kappa shape index (κ1) is 19.6. The SMILES string of the molecule is CS(=O)(=O)c1ccc(-n2ncc(-c3ccccc3C(=O)O)c2C(F)(F)F)cc1. The van der Waals surface area contributed by atoms with E-state index in [0.717, 1.165) is 12.5 Å². The number of rotatable bonds is 4. The first-order valence-electron chi connectivity index (χ1n) is 7.78. The van der Waals surface area contributed by atoms with Gasteiger partial charge in [0.25, 0.3) is 0 Å². The molecule has 0 saturated carbocycles. The maximum absolute atomic E-state index is 13.8. The molecular weight excluding hydrogens is 397 g/mol. The van der Waals surface area contributed by atoms with Crippen molar-refractivity contribution in [3.05, 3.63) is 66.0 Å². The van der Waals surface area contributed by atoms with E-state index in [2.05, 4.69) is 5.10 Å². The second-order valence-electron chi connectivity index (χ2n) is 5.93. The van der Waals surface area contributed by atoms with Gasteiger partial charge < -0.3 is 5.11 Å². The van der Waals surface area contributed by atoms with Crippen molar-refractivity contribution < 1.29 is 31.5 Å². The highest BCUT2D eigenvalue weighted by Crippen LogP contribution is 2.39. The van der Waals surface area contributed by atoms with Crippen molar-refractivity contribution in [2.24, 2.45) is 0 Å². The van der Waals surface area contributed by atoms with Crippen LogP contribution >= 0.6 is 0 Å². The van der Waals surface area contributed by atoms with Gasteiger partial charge in [-0.05, 0) is 35.9 Å². The van der Waals surface area contributed by atoms with Gasteiger partial charge >= 0.3 is 12.1 Å². The summed E-state index contributed by atoms with van der Waals surface area (Å²) >= 11 is 0.